The maximum Gasteiger partial charge on any atom is 0.305 e. The molecule has 0 rings (SSSR count). The molecule has 0 aliphatic heterocycles. The number of carbonyl (C=O) groups excluding carboxylic acids is 1. The lowest BCUT2D eigenvalue weighted by molar-refractivity contribution is -0.140. The first-order valence-corrected chi connectivity index (χ1v) is 8.79. The Hall–Kier alpha value is -1.09. The molecular formula is C19H34O3. The fraction of sp³-hybridized carbons (Fsp3) is 0.737. The summed E-state index contributed by atoms with van der Waals surface area (Å²) in [6.45, 7) is 2.17. The maximum atomic E-state index is 10.9. The smallest absolute Gasteiger partial charge is 0.305 e. The first-order chi connectivity index (χ1) is 10.7. The van der Waals surface area contributed by atoms with Gasteiger partial charge in [0.25, 0.3) is 0 Å². The third-order valence-corrected chi connectivity index (χ3v) is 3.66. The van der Waals surface area contributed by atoms with Crippen LogP contribution in [0.5, 0.6) is 0 Å². The van der Waals surface area contributed by atoms with Crippen molar-refractivity contribution in [2.75, 3.05) is 7.11 Å². The number of hydrogen-bond acceptors (Lipinski definition) is 3. The number of methoxy groups -OCH3 is 1. The molecule has 0 bridgehead atoms. The summed E-state index contributed by atoms with van der Waals surface area (Å²) in [5.74, 6) is -0.105. The molecule has 0 fully saturated rings. The van der Waals surface area contributed by atoms with Gasteiger partial charge in [-0.1, -0.05) is 69.8 Å². The van der Waals surface area contributed by atoms with Crippen LogP contribution in [0.2, 0.25) is 0 Å². The summed E-state index contributed by atoms with van der Waals surface area (Å²) >= 11 is 0. The van der Waals surface area contributed by atoms with Crippen molar-refractivity contribution in [3.05, 3.63) is 24.3 Å². The zero-order valence-electron chi connectivity index (χ0n) is 14.4. The van der Waals surface area contributed by atoms with E-state index >= 15 is 0 Å². The summed E-state index contributed by atoms with van der Waals surface area (Å²) in [5, 5.41) is 9.70. The molecule has 0 aromatic rings. The largest absolute Gasteiger partial charge is 0.469 e. The van der Waals surface area contributed by atoms with Crippen molar-refractivity contribution in [2.45, 2.75) is 83.7 Å². The Labute approximate surface area is 136 Å². The molecule has 3 nitrogen and oxygen atoms in total. The Kier molecular flexibility index (Phi) is 15.5. The van der Waals surface area contributed by atoms with Crippen LogP contribution in [-0.4, -0.2) is 24.3 Å². The van der Waals surface area contributed by atoms with Crippen LogP contribution < -0.4 is 0 Å². The van der Waals surface area contributed by atoms with Crippen molar-refractivity contribution >= 4 is 5.97 Å². The monoisotopic (exact) mass is 310 g/mol. The van der Waals surface area contributed by atoms with Gasteiger partial charge in [0.05, 0.1) is 13.2 Å². The summed E-state index contributed by atoms with van der Waals surface area (Å²) in [4.78, 5) is 10.9. The molecular weight excluding hydrogens is 276 g/mol. The van der Waals surface area contributed by atoms with Crippen LogP contribution in [0.25, 0.3) is 0 Å². The second kappa shape index (κ2) is 16.3. The molecule has 128 valence electrons. The number of hydrogen-bond donors (Lipinski definition) is 1. The molecule has 0 amide bonds. The van der Waals surface area contributed by atoms with Crippen molar-refractivity contribution in [3.8, 4) is 0 Å². The van der Waals surface area contributed by atoms with Gasteiger partial charge in [-0.05, 0) is 25.7 Å². The zero-order chi connectivity index (χ0) is 16.5. The molecule has 0 saturated carbocycles. The van der Waals surface area contributed by atoms with Crippen LogP contribution in [0.4, 0.5) is 0 Å². The topological polar surface area (TPSA) is 46.5 Å². The van der Waals surface area contributed by atoms with Gasteiger partial charge in [-0.15, -0.1) is 0 Å². The standard InChI is InChI=1S/C19H34O3/c1-3-4-12-15-18(20)16-13-10-8-6-5-7-9-11-14-17-19(21)22-2/h8,10,13,16,18,20H,3-7,9,11-12,14-15,17H2,1-2H3/b10-8?,16-13+/t18-/m0/s1. The molecule has 0 aromatic carbocycles. The minimum atomic E-state index is -0.300. The quantitative estimate of drug-likeness (QED) is 0.281. The number of carbonyl (C=O) groups is 1. The second-order valence-corrected chi connectivity index (χ2v) is 5.76. The third kappa shape index (κ3) is 15.3. The Morgan fingerprint density at radius 2 is 1.77 bits per heavy atom. The molecule has 3 heteroatoms. The van der Waals surface area contributed by atoms with Gasteiger partial charge in [-0.25, -0.2) is 0 Å². The highest BCUT2D eigenvalue weighted by atomic mass is 16.5. The lowest BCUT2D eigenvalue weighted by Crippen LogP contribution is -2.00. The third-order valence-electron chi connectivity index (χ3n) is 3.66. The van der Waals surface area contributed by atoms with E-state index in [1.54, 1.807) is 0 Å². The van der Waals surface area contributed by atoms with Crippen LogP contribution in [0.3, 0.4) is 0 Å². The molecule has 1 atom stereocenters. The molecule has 0 heterocycles. The van der Waals surface area contributed by atoms with Gasteiger partial charge in [0.15, 0.2) is 0 Å². The Morgan fingerprint density at radius 3 is 2.50 bits per heavy atom. The van der Waals surface area contributed by atoms with Gasteiger partial charge in [0.1, 0.15) is 0 Å². The van der Waals surface area contributed by atoms with Crippen LogP contribution >= 0.6 is 0 Å². The van der Waals surface area contributed by atoms with Crippen molar-refractivity contribution in [2.24, 2.45) is 0 Å². The SMILES string of the molecule is CCCCC[C@H](O)/C=C/C=CCCCCCCCC(=O)OC. The van der Waals surface area contributed by atoms with E-state index in [-0.39, 0.29) is 12.1 Å². The average Bonchev–Trinajstić information content (AvgIpc) is 2.52. The molecule has 0 radical (unpaired) electrons. The molecule has 0 aliphatic carbocycles. The molecule has 1 N–H and O–H groups in total. The van der Waals surface area contributed by atoms with E-state index in [4.69, 9.17) is 0 Å². The number of allylic oxidation sites excluding steroid dienone is 3. The van der Waals surface area contributed by atoms with E-state index in [2.05, 4.69) is 17.7 Å². The number of esters is 1. The fourth-order valence-corrected chi connectivity index (χ4v) is 2.23. The van der Waals surface area contributed by atoms with Crippen molar-refractivity contribution < 1.29 is 14.6 Å². The summed E-state index contributed by atoms with van der Waals surface area (Å²) in [6.07, 6.45) is 19.3. The fourth-order valence-electron chi connectivity index (χ4n) is 2.23. The predicted molar refractivity (Wildman–Crippen MR) is 92.8 cm³/mol. The Balaban J connectivity index is 3.38. The summed E-state index contributed by atoms with van der Waals surface area (Å²) in [5.41, 5.74) is 0. The minimum Gasteiger partial charge on any atom is -0.469 e. The van der Waals surface area contributed by atoms with Crippen LogP contribution in [-0.2, 0) is 9.53 Å². The lowest BCUT2D eigenvalue weighted by Gasteiger charge is -2.03. The maximum absolute atomic E-state index is 10.9. The van der Waals surface area contributed by atoms with Crippen molar-refractivity contribution in [1.29, 1.82) is 0 Å². The zero-order valence-corrected chi connectivity index (χ0v) is 14.4. The normalized spacial score (nSPS) is 13.0. The van der Waals surface area contributed by atoms with Crippen LogP contribution in [0.15, 0.2) is 24.3 Å². The van der Waals surface area contributed by atoms with E-state index in [1.165, 1.54) is 39.2 Å². The van der Waals surface area contributed by atoms with E-state index in [0.717, 1.165) is 32.1 Å². The van der Waals surface area contributed by atoms with Crippen LogP contribution in [0.1, 0.15) is 77.6 Å². The van der Waals surface area contributed by atoms with Crippen molar-refractivity contribution in [1.82, 2.24) is 0 Å². The van der Waals surface area contributed by atoms with E-state index in [9.17, 15) is 9.90 Å². The Morgan fingerprint density at radius 1 is 1.05 bits per heavy atom. The summed E-state index contributed by atoms with van der Waals surface area (Å²) in [7, 11) is 1.44. The average molecular weight is 310 g/mol. The number of ether oxygens (including phenoxy) is 1. The van der Waals surface area contributed by atoms with Gasteiger partial charge in [0, 0.05) is 6.42 Å². The van der Waals surface area contributed by atoms with E-state index in [0.29, 0.717) is 6.42 Å². The van der Waals surface area contributed by atoms with E-state index < -0.39 is 0 Å². The first kappa shape index (κ1) is 20.9. The predicted octanol–water partition coefficient (Wildman–Crippen LogP) is 4.94. The first-order valence-electron chi connectivity index (χ1n) is 8.79. The van der Waals surface area contributed by atoms with Gasteiger partial charge in [-0.2, -0.15) is 0 Å². The summed E-state index contributed by atoms with van der Waals surface area (Å²) in [6, 6.07) is 0. The number of aliphatic hydroxyl groups is 1. The second-order valence-electron chi connectivity index (χ2n) is 5.76. The molecule has 0 saturated heterocycles. The Bertz CT molecular complexity index is 308. The van der Waals surface area contributed by atoms with E-state index in [1.807, 2.05) is 18.2 Å². The molecule has 0 unspecified atom stereocenters. The molecule has 0 spiro atoms. The number of aliphatic hydroxyl groups excluding tert-OH is 1. The van der Waals surface area contributed by atoms with Crippen molar-refractivity contribution in [3.63, 3.8) is 0 Å². The van der Waals surface area contributed by atoms with Gasteiger partial charge >= 0.3 is 5.97 Å². The van der Waals surface area contributed by atoms with Gasteiger partial charge < -0.3 is 9.84 Å². The van der Waals surface area contributed by atoms with Gasteiger partial charge in [0.2, 0.25) is 0 Å². The molecule has 0 aliphatic rings. The number of unbranched alkanes of at least 4 members (excludes halogenated alkanes) is 7. The highest BCUT2D eigenvalue weighted by Crippen LogP contribution is 2.08. The lowest BCUT2D eigenvalue weighted by atomic mass is 10.1. The van der Waals surface area contributed by atoms with Gasteiger partial charge in [-0.3, -0.25) is 4.79 Å². The van der Waals surface area contributed by atoms with Crippen LogP contribution in [0, 0.1) is 0 Å². The molecule has 22 heavy (non-hydrogen) atoms. The highest BCUT2D eigenvalue weighted by molar-refractivity contribution is 5.68. The highest BCUT2D eigenvalue weighted by Gasteiger charge is 1.98. The minimum absolute atomic E-state index is 0.105. The summed E-state index contributed by atoms with van der Waals surface area (Å²) < 4.78 is 4.60. The number of rotatable bonds is 14. The molecule has 0 aromatic heterocycles.